The third-order valence-electron chi connectivity index (χ3n) is 3.06. The van der Waals surface area contributed by atoms with E-state index >= 15 is 0 Å². The standard InChI is InChI=1S/C15H18F2N4/c1-4-18-14-9(2)15(21-10(3)20-14)19-8-11-5-6-12(16)7-13(11)17/h5-7H,4,8H2,1-3H3,(H2,18,19,20,21). The third kappa shape index (κ3) is 3.65. The zero-order valence-corrected chi connectivity index (χ0v) is 12.3. The van der Waals surface area contributed by atoms with Crippen LogP contribution >= 0.6 is 0 Å². The van der Waals surface area contributed by atoms with Crippen molar-refractivity contribution in [2.45, 2.75) is 27.3 Å². The van der Waals surface area contributed by atoms with Gasteiger partial charge < -0.3 is 10.6 Å². The number of nitrogens with one attached hydrogen (secondary N) is 2. The molecule has 0 amide bonds. The highest BCUT2D eigenvalue weighted by atomic mass is 19.1. The Balaban J connectivity index is 2.19. The summed E-state index contributed by atoms with van der Waals surface area (Å²) in [6.45, 7) is 6.65. The molecule has 0 saturated carbocycles. The number of anilines is 2. The smallest absolute Gasteiger partial charge is 0.135 e. The first kappa shape index (κ1) is 15.2. The molecule has 0 aliphatic carbocycles. The zero-order valence-electron chi connectivity index (χ0n) is 12.3. The third-order valence-corrected chi connectivity index (χ3v) is 3.06. The Morgan fingerprint density at radius 2 is 1.71 bits per heavy atom. The summed E-state index contributed by atoms with van der Waals surface area (Å²) in [5.74, 6) is 0.866. The molecule has 0 saturated heterocycles. The van der Waals surface area contributed by atoms with Crippen molar-refractivity contribution in [1.82, 2.24) is 9.97 Å². The van der Waals surface area contributed by atoms with Gasteiger partial charge in [0.2, 0.25) is 0 Å². The van der Waals surface area contributed by atoms with Crippen LogP contribution in [0.2, 0.25) is 0 Å². The Morgan fingerprint density at radius 1 is 1.05 bits per heavy atom. The maximum absolute atomic E-state index is 13.6. The fourth-order valence-corrected chi connectivity index (χ4v) is 1.98. The lowest BCUT2D eigenvalue weighted by Crippen LogP contribution is -2.10. The zero-order chi connectivity index (χ0) is 15.4. The number of benzene rings is 1. The van der Waals surface area contributed by atoms with E-state index in [1.807, 2.05) is 13.8 Å². The molecule has 4 nitrogen and oxygen atoms in total. The summed E-state index contributed by atoms with van der Waals surface area (Å²) in [5.41, 5.74) is 1.25. The van der Waals surface area contributed by atoms with Crippen molar-refractivity contribution in [3.05, 3.63) is 46.8 Å². The number of rotatable bonds is 5. The van der Waals surface area contributed by atoms with Crippen molar-refractivity contribution >= 4 is 11.6 Å². The van der Waals surface area contributed by atoms with Crippen LogP contribution in [0.3, 0.4) is 0 Å². The summed E-state index contributed by atoms with van der Waals surface area (Å²) >= 11 is 0. The number of aryl methyl sites for hydroxylation is 1. The average molecular weight is 292 g/mol. The van der Waals surface area contributed by atoms with Crippen LogP contribution in [0.4, 0.5) is 20.4 Å². The highest BCUT2D eigenvalue weighted by Crippen LogP contribution is 2.21. The first-order valence-corrected chi connectivity index (χ1v) is 6.78. The normalized spacial score (nSPS) is 10.5. The average Bonchev–Trinajstić information content (AvgIpc) is 2.42. The summed E-state index contributed by atoms with van der Waals surface area (Å²) in [6.07, 6.45) is 0. The minimum atomic E-state index is -0.584. The maximum Gasteiger partial charge on any atom is 0.135 e. The highest BCUT2D eigenvalue weighted by molar-refractivity contribution is 5.57. The quantitative estimate of drug-likeness (QED) is 0.886. The van der Waals surface area contributed by atoms with Crippen molar-refractivity contribution in [1.29, 1.82) is 0 Å². The number of hydrogen-bond acceptors (Lipinski definition) is 4. The van der Waals surface area contributed by atoms with Gasteiger partial charge in [0.25, 0.3) is 0 Å². The molecule has 6 heteroatoms. The molecule has 112 valence electrons. The molecular formula is C15H18F2N4. The second-order valence-corrected chi connectivity index (χ2v) is 4.71. The summed E-state index contributed by atoms with van der Waals surface area (Å²) in [7, 11) is 0. The van der Waals surface area contributed by atoms with Gasteiger partial charge in [0, 0.05) is 30.3 Å². The number of aromatic nitrogens is 2. The molecule has 1 heterocycles. The molecule has 0 bridgehead atoms. The first-order valence-electron chi connectivity index (χ1n) is 6.78. The van der Waals surface area contributed by atoms with Crippen LogP contribution in [0.5, 0.6) is 0 Å². The first-order chi connectivity index (χ1) is 10.0. The van der Waals surface area contributed by atoms with Crippen LogP contribution < -0.4 is 10.6 Å². The number of nitrogens with zero attached hydrogens (tertiary/aromatic N) is 2. The van der Waals surface area contributed by atoms with E-state index in [-0.39, 0.29) is 6.54 Å². The van der Waals surface area contributed by atoms with Gasteiger partial charge in [0.1, 0.15) is 29.1 Å². The van der Waals surface area contributed by atoms with E-state index in [0.717, 1.165) is 24.0 Å². The molecule has 1 aromatic carbocycles. The van der Waals surface area contributed by atoms with Crippen LogP contribution in [-0.2, 0) is 6.54 Å². The molecule has 2 N–H and O–H groups in total. The molecule has 0 unspecified atom stereocenters. The van der Waals surface area contributed by atoms with Crippen molar-refractivity contribution in [3.63, 3.8) is 0 Å². The van der Waals surface area contributed by atoms with E-state index in [9.17, 15) is 8.78 Å². The minimum absolute atomic E-state index is 0.231. The largest absolute Gasteiger partial charge is 0.370 e. The van der Waals surface area contributed by atoms with Crippen molar-refractivity contribution < 1.29 is 8.78 Å². The van der Waals surface area contributed by atoms with Gasteiger partial charge >= 0.3 is 0 Å². The van der Waals surface area contributed by atoms with Gasteiger partial charge in [0.15, 0.2) is 0 Å². The number of halogens is 2. The van der Waals surface area contributed by atoms with E-state index in [0.29, 0.717) is 17.2 Å². The Bertz CT molecular complexity index is 644. The summed E-state index contributed by atoms with van der Waals surface area (Å²) in [5, 5.41) is 6.23. The van der Waals surface area contributed by atoms with Gasteiger partial charge in [-0.05, 0) is 26.8 Å². The Hall–Kier alpha value is -2.24. The van der Waals surface area contributed by atoms with Gasteiger partial charge in [-0.15, -0.1) is 0 Å². The predicted octanol–water partition coefficient (Wildman–Crippen LogP) is 3.42. The fraction of sp³-hybridized carbons (Fsp3) is 0.333. The van der Waals surface area contributed by atoms with Crippen molar-refractivity contribution in [2.24, 2.45) is 0 Å². The molecule has 2 rings (SSSR count). The van der Waals surface area contributed by atoms with Crippen LogP contribution in [0.1, 0.15) is 23.9 Å². The van der Waals surface area contributed by atoms with E-state index in [1.54, 1.807) is 6.92 Å². The molecular weight excluding hydrogens is 274 g/mol. The van der Waals surface area contributed by atoms with Gasteiger partial charge in [-0.25, -0.2) is 18.7 Å². The molecule has 0 fully saturated rings. The monoisotopic (exact) mass is 292 g/mol. The maximum atomic E-state index is 13.6. The molecule has 0 spiro atoms. The summed E-state index contributed by atoms with van der Waals surface area (Å²) < 4.78 is 26.5. The molecule has 1 aromatic heterocycles. The van der Waals surface area contributed by atoms with Crippen molar-refractivity contribution in [2.75, 3.05) is 17.2 Å². The van der Waals surface area contributed by atoms with Crippen LogP contribution in [-0.4, -0.2) is 16.5 Å². The minimum Gasteiger partial charge on any atom is -0.370 e. The van der Waals surface area contributed by atoms with E-state index in [4.69, 9.17) is 0 Å². The second kappa shape index (κ2) is 6.47. The van der Waals surface area contributed by atoms with Crippen LogP contribution in [0.25, 0.3) is 0 Å². The van der Waals surface area contributed by atoms with Gasteiger partial charge in [-0.3, -0.25) is 0 Å². The van der Waals surface area contributed by atoms with Gasteiger partial charge in [-0.1, -0.05) is 6.07 Å². The molecule has 0 radical (unpaired) electrons. The van der Waals surface area contributed by atoms with E-state index in [1.165, 1.54) is 12.1 Å². The van der Waals surface area contributed by atoms with E-state index in [2.05, 4.69) is 20.6 Å². The van der Waals surface area contributed by atoms with E-state index < -0.39 is 11.6 Å². The molecule has 2 aromatic rings. The summed E-state index contributed by atoms with van der Waals surface area (Å²) in [6, 6.07) is 3.54. The van der Waals surface area contributed by atoms with Crippen LogP contribution in [0, 0.1) is 25.5 Å². The summed E-state index contributed by atoms with van der Waals surface area (Å²) in [4.78, 5) is 8.64. The topological polar surface area (TPSA) is 49.8 Å². The van der Waals surface area contributed by atoms with Gasteiger partial charge in [-0.2, -0.15) is 0 Å². The molecule has 0 aliphatic rings. The SMILES string of the molecule is CCNc1nc(C)nc(NCc2ccc(F)cc2F)c1C. The molecule has 21 heavy (non-hydrogen) atoms. The molecule has 0 atom stereocenters. The Morgan fingerprint density at radius 3 is 2.33 bits per heavy atom. The Labute approximate surface area is 122 Å². The van der Waals surface area contributed by atoms with Crippen molar-refractivity contribution in [3.8, 4) is 0 Å². The highest BCUT2D eigenvalue weighted by Gasteiger charge is 2.10. The predicted molar refractivity (Wildman–Crippen MR) is 79.4 cm³/mol. The van der Waals surface area contributed by atoms with Crippen LogP contribution in [0.15, 0.2) is 18.2 Å². The van der Waals surface area contributed by atoms with Gasteiger partial charge in [0.05, 0.1) is 0 Å². The second-order valence-electron chi connectivity index (χ2n) is 4.71. The fourth-order valence-electron chi connectivity index (χ4n) is 1.98. The number of hydrogen-bond donors (Lipinski definition) is 2. The molecule has 0 aliphatic heterocycles. The lowest BCUT2D eigenvalue weighted by Gasteiger charge is -2.13. The lowest BCUT2D eigenvalue weighted by atomic mass is 10.2. The Kier molecular flexibility index (Phi) is 4.67. The lowest BCUT2D eigenvalue weighted by molar-refractivity contribution is 0.574.